The normalized spacial score (nSPS) is 17.3. The molecule has 2 heteroatoms. The molecule has 0 unspecified atom stereocenters. The molecular formula is C13H16NO. The molecule has 0 amide bonds. The zero-order valence-corrected chi connectivity index (χ0v) is 9.07. The van der Waals surface area contributed by atoms with Gasteiger partial charge in [-0.05, 0) is 29.7 Å². The van der Waals surface area contributed by atoms with Gasteiger partial charge in [-0.15, -0.1) is 0 Å². The van der Waals surface area contributed by atoms with E-state index in [2.05, 4.69) is 30.2 Å². The Bertz CT molecular complexity index is 371. The molecule has 15 heavy (non-hydrogen) atoms. The smallest absolute Gasteiger partial charge is 0.119 e. The van der Waals surface area contributed by atoms with E-state index in [0.717, 1.165) is 25.3 Å². The van der Waals surface area contributed by atoms with E-state index in [1.165, 1.54) is 11.1 Å². The molecule has 1 aromatic carbocycles. The summed E-state index contributed by atoms with van der Waals surface area (Å²) in [7, 11) is 5.62. The molecular weight excluding hydrogens is 186 g/mol. The second-order valence-corrected chi connectivity index (χ2v) is 3.79. The van der Waals surface area contributed by atoms with Crippen LogP contribution in [0.4, 0.5) is 0 Å². The summed E-state index contributed by atoms with van der Waals surface area (Å²) in [5, 5.41) is 0. The first-order chi connectivity index (χ1) is 7.29. The Morgan fingerprint density at radius 2 is 2.27 bits per heavy atom. The predicted octanol–water partition coefficient (Wildman–Crippen LogP) is 2.58. The summed E-state index contributed by atoms with van der Waals surface area (Å²) in [5.74, 6) is 0.922. The number of ether oxygens (including phenoxy) is 1. The summed E-state index contributed by atoms with van der Waals surface area (Å²) in [6, 6.07) is 8.23. The van der Waals surface area contributed by atoms with E-state index in [1.807, 2.05) is 12.1 Å². The fourth-order valence-corrected chi connectivity index (χ4v) is 1.80. The van der Waals surface area contributed by atoms with Crippen LogP contribution >= 0.6 is 0 Å². The van der Waals surface area contributed by atoms with E-state index in [1.54, 1.807) is 7.11 Å². The van der Waals surface area contributed by atoms with Gasteiger partial charge in [0.2, 0.25) is 0 Å². The summed E-state index contributed by atoms with van der Waals surface area (Å²) in [5.41, 5.74) is 2.66. The van der Waals surface area contributed by atoms with Crippen molar-refractivity contribution < 1.29 is 4.74 Å². The highest BCUT2D eigenvalue weighted by molar-refractivity contribution is 5.67. The minimum Gasteiger partial charge on any atom is -0.497 e. The topological polar surface area (TPSA) is 12.5 Å². The molecule has 1 aliphatic heterocycles. The van der Waals surface area contributed by atoms with E-state index in [0.29, 0.717) is 0 Å². The minimum absolute atomic E-state index is 0.922. The Hall–Kier alpha value is -1.28. The summed E-state index contributed by atoms with van der Waals surface area (Å²) in [6.07, 6.45) is 3.31. The van der Waals surface area contributed by atoms with Gasteiger partial charge in [0.05, 0.1) is 7.11 Å². The van der Waals surface area contributed by atoms with Crippen molar-refractivity contribution in [3.63, 3.8) is 0 Å². The van der Waals surface area contributed by atoms with Gasteiger partial charge in [0.25, 0.3) is 0 Å². The average Bonchev–Trinajstić information content (AvgIpc) is 2.30. The van der Waals surface area contributed by atoms with Gasteiger partial charge in [-0.25, -0.2) is 0 Å². The van der Waals surface area contributed by atoms with Crippen molar-refractivity contribution in [3.05, 3.63) is 43.0 Å². The molecule has 0 saturated carbocycles. The Balaban J connectivity index is 2.22. The monoisotopic (exact) mass is 202 g/mol. The second kappa shape index (κ2) is 4.49. The number of hydrogen-bond donors (Lipinski definition) is 0. The number of hydrogen-bond acceptors (Lipinski definition) is 2. The molecule has 0 spiro atoms. The number of nitrogens with zero attached hydrogens (tertiary/aromatic N) is 1. The molecule has 1 aromatic rings. The molecule has 1 heterocycles. The molecule has 1 aliphatic rings. The largest absolute Gasteiger partial charge is 0.497 e. The Morgan fingerprint density at radius 3 is 2.93 bits per heavy atom. The van der Waals surface area contributed by atoms with Gasteiger partial charge < -0.3 is 4.74 Å². The lowest BCUT2D eigenvalue weighted by atomic mass is 9.99. The summed E-state index contributed by atoms with van der Waals surface area (Å²) >= 11 is 0. The standard InChI is InChI=1S/C13H16NO/c1-14-8-6-11(7-9-14)12-4-3-5-13(10-12)15-2/h3-6,10H,1,7-9H2,2H3. The van der Waals surface area contributed by atoms with Gasteiger partial charge in [0, 0.05) is 20.1 Å². The lowest BCUT2D eigenvalue weighted by molar-refractivity contribution is 0.407. The maximum atomic E-state index is 5.22. The highest BCUT2D eigenvalue weighted by atomic mass is 16.5. The quantitative estimate of drug-likeness (QED) is 0.731. The fraction of sp³-hybridized carbons (Fsp3) is 0.308. The summed E-state index contributed by atoms with van der Waals surface area (Å²) in [4.78, 5) is 2.07. The fourth-order valence-electron chi connectivity index (χ4n) is 1.80. The Labute approximate surface area is 91.2 Å². The van der Waals surface area contributed by atoms with Crippen LogP contribution in [0.5, 0.6) is 5.75 Å². The highest BCUT2D eigenvalue weighted by Crippen LogP contribution is 2.24. The molecule has 79 valence electrons. The molecule has 2 rings (SSSR count). The van der Waals surface area contributed by atoms with Gasteiger partial charge in [-0.2, -0.15) is 0 Å². The molecule has 1 radical (unpaired) electrons. The first-order valence-corrected chi connectivity index (χ1v) is 5.18. The van der Waals surface area contributed by atoms with Crippen LogP contribution in [0.1, 0.15) is 12.0 Å². The summed E-state index contributed by atoms with van der Waals surface area (Å²) in [6.45, 7) is 1.97. The zero-order valence-electron chi connectivity index (χ0n) is 9.07. The molecule has 0 saturated heterocycles. The minimum atomic E-state index is 0.922. The van der Waals surface area contributed by atoms with E-state index >= 15 is 0 Å². The predicted molar refractivity (Wildman–Crippen MR) is 62.5 cm³/mol. The molecule has 2 nitrogen and oxygen atoms in total. The molecule has 0 bridgehead atoms. The van der Waals surface area contributed by atoms with Gasteiger partial charge in [-0.3, -0.25) is 4.90 Å². The molecule has 0 N–H and O–H groups in total. The SMILES string of the molecule is [CH2]N1CC=C(c2cccc(OC)c2)CC1. The third kappa shape index (κ3) is 2.39. The van der Waals surface area contributed by atoms with Crippen molar-refractivity contribution in [2.24, 2.45) is 0 Å². The molecule has 0 atom stereocenters. The maximum Gasteiger partial charge on any atom is 0.119 e. The van der Waals surface area contributed by atoms with Crippen molar-refractivity contribution >= 4 is 5.57 Å². The third-order valence-electron chi connectivity index (χ3n) is 2.73. The molecule has 0 fully saturated rings. The van der Waals surface area contributed by atoms with E-state index in [9.17, 15) is 0 Å². The van der Waals surface area contributed by atoms with Crippen molar-refractivity contribution in [2.45, 2.75) is 6.42 Å². The lowest BCUT2D eigenvalue weighted by Crippen LogP contribution is -2.21. The van der Waals surface area contributed by atoms with Gasteiger partial charge in [-0.1, -0.05) is 18.2 Å². The van der Waals surface area contributed by atoms with Crippen LogP contribution in [0.2, 0.25) is 0 Å². The van der Waals surface area contributed by atoms with Crippen LogP contribution in [0.3, 0.4) is 0 Å². The van der Waals surface area contributed by atoms with Crippen LogP contribution in [0, 0.1) is 7.05 Å². The third-order valence-corrected chi connectivity index (χ3v) is 2.73. The summed E-state index contributed by atoms with van der Waals surface area (Å²) < 4.78 is 5.22. The maximum absolute atomic E-state index is 5.22. The first kappa shape index (κ1) is 10.2. The number of methoxy groups -OCH3 is 1. The lowest BCUT2D eigenvalue weighted by Gasteiger charge is -2.22. The second-order valence-electron chi connectivity index (χ2n) is 3.79. The van der Waals surface area contributed by atoms with Crippen LogP contribution < -0.4 is 4.74 Å². The zero-order chi connectivity index (χ0) is 10.7. The highest BCUT2D eigenvalue weighted by Gasteiger charge is 2.09. The van der Waals surface area contributed by atoms with E-state index in [4.69, 9.17) is 4.74 Å². The van der Waals surface area contributed by atoms with Crippen LogP contribution in [-0.4, -0.2) is 25.1 Å². The van der Waals surface area contributed by atoms with Crippen LogP contribution in [0.25, 0.3) is 5.57 Å². The van der Waals surface area contributed by atoms with Gasteiger partial charge in [0.1, 0.15) is 5.75 Å². The Kier molecular flexibility index (Phi) is 3.07. The molecule has 0 aliphatic carbocycles. The van der Waals surface area contributed by atoms with Crippen molar-refractivity contribution in [1.29, 1.82) is 0 Å². The Morgan fingerprint density at radius 1 is 1.40 bits per heavy atom. The van der Waals surface area contributed by atoms with Crippen molar-refractivity contribution in [2.75, 3.05) is 20.2 Å². The van der Waals surface area contributed by atoms with Gasteiger partial charge >= 0.3 is 0 Å². The van der Waals surface area contributed by atoms with Crippen molar-refractivity contribution in [1.82, 2.24) is 4.90 Å². The number of benzene rings is 1. The van der Waals surface area contributed by atoms with Gasteiger partial charge in [0.15, 0.2) is 0 Å². The number of rotatable bonds is 2. The first-order valence-electron chi connectivity index (χ1n) is 5.18. The molecule has 0 aromatic heterocycles. The van der Waals surface area contributed by atoms with E-state index < -0.39 is 0 Å². The van der Waals surface area contributed by atoms with Crippen LogP contribution in [-0.2, 0) is 0 Å². The van der Waals surface area contributed by atoms with Crippen LogP contribution in [0.15, 0.2) is 30.3 Å². The average molecular weight is 202 g/mol. The van der Waals surface area contributed by atoms with Crippen molar-refractivity contribution in [3.8, 4) is 5.75 Å². The van der Waals surface area contributed by atoms with E-state index in [-0.39, 0.29) is 0 Å².